The third-order valence-corrected chi connectivity index (χ3v) is 4.76. The lowest BCUT2D eigenvalue weighted by Gasteiger charge is -2.30. The van der Waals surface area contributed by atoms with Gasteiger partial charge in [-0.1, -0.05) is 65.2 Å². The predicted octanol–water partition coefficient (Wildman–Crippen LogP) is 3.38. The van der Waals surface area contributed by atoms with Crippen LogP contribution in [0.2, 0.25) is 0 Å². The Morgan fingerprint density at radius 1 is 0.605 bits per heavy atom. The van der Waals surface area contributed by atoms with Crippen molar-refractivity contribution in [2.45, 2.75) is 90.9 Å². The summed E-state index contributed by atoms with van der Waals surface area (Å²) in [6, 6.07) is 0. The van der Waals surface area contributed by atoms with Gasteiger partial charge in [-0.25, -0.2) is 13.7 Å². The van der Waals surface area contributed by atoms with E-state index in [1.165, 1.54) is 90.1 Å². The molecule has 0 fully saturated rings. The number of aliphatic carboxylic acids is 1. The highest BCUT2D eigenvalue weighted by atomic mass is 31.2. The van der Waals surface area contributed by atoms with Crippen LogP contribution in [0.1, 0.15) is 90.9 Å². The molecule has 0 bridgehead atoms. The Bertz CT molecular complexity index is 678. The van der Waals surface area contributed by atoms with Gasteiger partial charge in [0.15, 0.2) is 0 Å². The number of hydrogen-bond donors (Lipinski definition) is 13. The predicted molar refractivity (Wildman–Crippen MR) is 167 cm³/mol. The first-order valence-electron chi connectivity index (χ1n) is 12.9. The van der Waals surface area contributed by atoms with Crippen LogP contribution in [0, 0.1) is 0 Å². The van der Waals surface area contributed by atoms with Crippen molar-refractivity contribution in [1.82, 2.24) is 12.3 Å². The second-order valence-electron chi connectivity index (χ2n) is 8.59. The molecule has 0 saturated carbocycles. The Balaban J connectivity index is -0.0000000958. The number of unbranched alkanes of at least 4 members (excludes halogenated alkanes) is 10. The van der Waals surface area contributed by atoms with Gasteiger partial charge in [0, 0.05) is 0 Å². The molecule has 0 aliphatic heterocycles. The highest BCUT2D eigenvalue weighted by Gasteiger charge is 2.19. The van der Waals surface area contributed by atoms with Gasteiger partial charge in [-0.05, 0) is 38.8 Å². The van der Waals surface area contributed by atoms with Gasteiger partial charge in [0.1, 0.15) is 0 Å². The van der Waals surface area contributed by atoms with Crippen molar-refractivity contribution >= 4 is 29.4 Å². The molecule has 0 aromatic heterocycles. The van der Waals surface area contributed by atoms with E-state index >= 15 is 0 Å². The number of carboxylic acids is 1. The van der Waals surface area contributed by atoms with Crippen molar-refractivity contribution in [3.63, 3.8) is 0 Å². The molecule has 0 atom stereocenters. The zero-order valence-electron chi connectivity index (χ0n) is 25.6. The van der Waals surface area contributed by atoms with Gasteiger partial charge in [-0.15, -0.1) is 0 Å². The summed E-state index contributed by atoms with van der Waals surface area (Å²) in [6.45, 7) is 14.8. The molecule has 0 aliphatic rings. The maximum absolute atomic E-state index is 9.24. The summed E-state index contributed by atoms with van der Waals surface area (Å²) in [5.41, 5.74) is 4.57. The third-order valence-electron chi connectivity index (χ3n) is 4.76. The Labute approximate surface area is 255 Å². The summed E-state index contributed by atoms with van der Waals surface area (Å²) in [5, 5.41) is 7.60. The number of rotatable bonds is 17. The summed E-state index contributed by atoms with van der Waals surface area (Å²) < 4.78 is 27.6. The molecule has 0 rings (SSSR count). The van der Waals surface area contributed by atoms with E-state index < -0.39 is 29.4 Å². The van der Waals surface area contributed by atoms with E-state index in [1.807, 2.05) is 0 Å². The van der Waals surface area contributed by atoms with Gasteiger partial charge in [0.25, 0.3) is 0 Å². The van der Waals surface area contributed by atoms with E-state index in [0.717, 1.165) is 4.48 Å². The second kappa shape index (κ2) is 35.6. The molecule has 0 saturated heterocycles. The standard InChI is InChI=1S/C20H40N.C2H5NO2.2H3N.3H3O4P/c1-5-9-11-13-15-17-19-21(7-3,8-4)20-18-16-14-12-10-6-2;3-1-2(4)5;;;3*1-5(2,3)4/h7-8H,3-6,9-20H2,1-2H3;1,3H2,(H,4,5);2*1H3;3*(H3,1,2,3,4)/q+1;;;;;;. The molecule has 0 amide bonds. The fourth-order valence-electron chi connectivity index (χ4n) is 2.92. The molecule has 0 spiro atoms. The summed E-state index contributed by atoms with van der Waals surface area (Å²) in [6.07, 6.45) is 20.5. The van der Waals surface area contributed by atoms with Crippen LogP contribution >= 0.6 is 23.5 Å². The van der Waals surface area contributed by atoms with E-state index in [1.54, 1.807) is 0 Å². The van der Waals surface area contributed by atoms with Crippen LogP contribution in [-0.2, 0) is 18.5 Å². The minimum Gasteiger partial charge on any atom is -0.480 e. The van der Waals surface area contributed by atoms with Crippen LogP contribution in [0.15, 0.2) is 25.6 Å². The molecule has 0 aliphatic carbocycles. The number of nitrogens with two attached hydrogens (primary N) is 1. The Hall–Kier alpha value is -0.880. The van der Waals surface area contributed by atoms with Gasteiger partial charge in [0.05, 0.1) is 32.0 Å². The van der Waals surface area contributed by atoms with E-state index in [2.05, 4.69) is 45.1 Å². The van der Waals surface area contributed by atoms with Crippen molar-refractivity contribution in [2.24, 2.45) is 5.73 Å². The van der Waals surface area contributed by atoms with Crippen molar-refractivity contribution in [3.05, 3.63) is 25.6 Å². The molecule has 0 heterocycles. The first-order valence-corrected chi connectivity index (χ1v) is 17.6. The smallest absolute Gasteiger partial charge is 0.466 e. The largest absolute Gasteiger partial charge is 0.480 e. The fourth-order valence-corrected chi connectivity index (χ4v) is 2.92. The Kier molecular flexibility index (Phi) is 47.8. The Morgan fingerprint density at radius 2 is 0.791 bits per heavy atom. The van der Waals surface area contributed by atoms with Crippen LogP contribution in [0.25, 0.3) is 0 Å². The number of nitrogens with zero attached hydrogens (tertiary/aromatic N) is 1. The highest BCUT2D eigenvalue weighted by Crippen LogP contribution is 2.26. The van der Waals surface area contributed by atoms with Gasteiger partial charge in [0.2, 0.25) is 0 Å². The number of quaternary nitrogens is 1. The molecule has 266 valence electrons. The molecule has 0 unspecified atom stereocenters. The fraction of sp³-hybridized carbons (Fsp3) is 0.773. The molecule has 0 aromatic rings. The lowest BCUT2D eigenvalue weighted by molar-refractivity contribution is -0.828. The minimum absolute atomic E-state index is 0. The molecule has 18 N–H and O–H groups in total. The van der Waals surface area contributed by atoms with Crippen molar-refractivity contribution in [3.8, 4) is 0 Å². The molecule has 21 heteroatoms. The summed E-state index contributed by atoms with van der Waals surface area (Å²) in [4.78, 5) is 73.9. The van der Waals surface area contributed by atoms with Crippen LogP contribution in [0.5, 0.6) is 0 Å². The van der Waals surface area contributed by atoms with Gasteiger partial charge < -0.3 is 67.2 Å². The normalized spacial score (nSPS) is 10.6. The monoisotopic (exact) mass is 697 g/mol. The lowest BCUT2D eigenvalue weighted by atomic mass is 10.1. The average Bonchev–Trinajstić information content (AvgIpc) is 2.79. The topological polar surface area (TPSA) is 367 Å². The maximum atomic E-state index is 9.24. The van der Waals surface area contributed by atoms with Crippen molar-refractivity contribution in [2.75, 3.05) is 19.6 Å². The van der Waals surface area contributed by atoms with E-state index in [-0.39, 0.29) is 18.8 Å². The minimum atomic E-state index is -4.64. The number of carboxylic acid groups (broad SMARTS) is 1. The average molecular weight is 698 g/mol. The number of carbonyl (C=O) groups is 1. The molecule has 18 nitrogen and oxygen atoms in total. The quantitative estimate of drug-likeness (QED) is 0.0588. The van der Waals surface area contributed by atoms with E-state index in [0.29, 0.717) is 0 Å². The summed E-state index contributed by atoms with van der Waals surface area (Å²) >= 11 is 0. The van der Waals surface area contributed by atoms with E-state index in [9.17, 15) is 4.79 Å². The van der Waals surface area contributed by atoms with Crippen LogP contribution < -0.4 is 18.0 Å². The molecular formula is C22H60N4O14P3+. The lowest BCUT2D eigenvalue weighted by Crippen LogP contribution is -2.38. The third kappa shape index (κ3) is 99.7. The van der Waals surface area contributed by atoms with Crippen LogP contribution in [0.4, 0.5) is 0 Å². The van der Waals surface area contributed by atoms with Crippen molar-refractivity contribution < 1.29 is 72.1 Å². The first-order chi connectivity index (χ1) is 18.5. The maximum Gasteiger partial charge on any atom is 0.466 e. The SMILES string of the molecule is C=C[N+](C=C)(CCCCCCCC)CCCCCCCC.N.N.NCC(=O)O.O=P(O)(O)O.O=P(O)(O)O.O=P(O)(O)O. The number of hydrogen-bond acceptors (Lipinski definition) is 7. The van der Waals surface area contributed by atoms with Crippen LogP contribution in [0.3, 0.4) is 0 Å². The zero-order chi connectivity index (χ0) is 33.6. The Morgan fingerprint density at radius 3 is 0.953 bits per heavy atom. The van der Waals surface area contributed by atoms with Crippen LogP contribution in [-0.4, -0.2) is 79.2 Å². The summed E-state index contributed by atoms with van der Waals surface area (Å²) in [7, 11) is -13.9. The first kappa shape index (κ1) is 57.7. The second-order valence-corrected chi connectivity index (χ2v) is 11.7. The van der Waals surface area contributed by atoms with Crippen molar-refractivity contribution in [1.29, 1.82) is 0 Å². The molecule has 0 radical (unpaired) electrons. The molecule has 43 heavy (non-hydrogen) atoms. The molecular weight excluding hydrogens is 637 g/mol. The highest BCUT2D eigenvalue weighted by molar-refractivity contribution is 7.45. The molecule has 0 aromatic carbocycles. The van der Waals surface area contributed by atoms with Gasteiger partial charge in [-0.3, -0.25) is 9.28 Å². The van der Waals surface area contributed by atoms with E-state index in [4.69, 9.17) is 62.8 Å². The summed E-state index contributed by atoms with van der Waals surface area (Å²) in [5.74, 6) is -0.968. The number of phosphoric acid groups is 3. The van der Waals surface area contributed by atoms with Gasteiger partial charge >= 0.3 is 29.4 Å². The van der Waals surface area contributed by atoms with Gasteiger partial charge in [-0.2, -0.15) is 0 Å². The zero-order valence-corrected chi connectivity index (χ0v) is 28.2.